The SMILES string of the molecule is CC(CN)CC(=O)N1CCc2ccccc2C1C(=O)O. The van der Waals surface area contributed by atoms with E-state index in [1.807, 2.05) is 25.1 Å². The fourth-order valence-corrected chi connectivity index (χ4v) is 2.60. The number of carboxylic acids is 1. The first kappa shape index (κ1) is 14.5. The normalized spacial score (nSPS) is 19.3. The molecule has 0 saturated heterocycles. The Morgan fingerprint density at radius 1 is 1.45 bits per heavy atom. The molecule has 1 aromatic rings. The summed E-state index contributed by atoms with van der Waals surface area (Å²) in [4.78, 5) is 25.3. The van der Waals surface area contributed by atoms with E-state index in [0.29, 0.717) is 25.9 Å². The lowest BCUT2D eigenvalue weighted by Gasteiger charge is -2.35. The van der Waals surface area contributed by atoms with Gasteiger partial charge in [-0.25, -0.2) is 4.79 Å². The van der Waals surface area contributed by atoms with E-state index in [0.717, 1.165) is 11.1 Å². The number of carbonyl (C=O) groups excluding carboxylic acids is 1. The van der Waals surface area contributed by atoms with Crippen molar-refractivity contribution in [2.75, 3.05) is 13.1 Å². The number of nitrogens with two attached hydrogens (primary N) is 1. The number of rotatable bonds is 4. The number of nitrogens with zero attached hydrogens (tertiary/aromatic N) is 1. The highest BCUT2D eigenvalue weighted by molar-refractivity contribution is 5.85. The van der Waals surface area contributed by atoms with Gasteiger partial charge in [0.1, 0.15) is 0 Å². The van der Waals surface area contributed by atoms with Gasteiger partial charge in [-0.05, 0) is 30.0 Å². The molecule has 1 amide bonds. The van der Waals surface area contributed by atoms with Crippen LogP contribution in [0.5, 0.6) is 0 Å². The van der Waals surface area contributed by atoms with Crippen LogP contribution in [0.4, 0.5) is 0 Å². The second-order valence-corrected chi connectivity index (χ2v) is 5.32. The molecular formula is C15H20N2O3. The minimum Gasteiger partial charge on any atom is -0.479 e. The Bertz CT molecular complexity index is 516. The number of benzene rings is 1. The van der Waals surface area contributed by atoms with Crippen molar-refractivity contribution in [3.8, 4) is 0 Å². The number of fused-ring (bicyclic) bond motifs is 1. The van der Waals surface area contributed by atoms with Crippen molar-refractivity contribution in [1.29, 1.82) is 0 Å². The van der Waals surface area contributed by atoms with Crippen LogP contribution >= 0.6 is 0 Å². The van der Waals surface area contributed by atoms with Gasteiger partial charge in [0.25, 0.3) is 0 Å². The Balaban J connectivity index is 2.27. The first-order valence-corrected chi connectivity index (χ1v) is 6.84. The van der Waals surface area contributed by atoms with Gasteiger partial charge in [-0.2, -0.15) is 0 Å². The van der Waals surface area contributed by atoms with Crippen LogP contribution in [0, 0.1) is 5.92 Å². The third-order valence-electron chi connectivity index (χ3n) is 3.76. The zero-order valence-electron chi connectivity index (χ0n) is 11.6. The van der Waals surface area contributed by atoms with Crippen LogP contribution in [0.15, 0.2) is 24.3 Å². The molecule has 0 aromatic heterocycles. The van der Waals surface area contributed by atoms with Gasteiger partial charge in [0, 0.05) is 13.0 Å². The van der Waals surface area contributed by atoms with Crippen LogP contribution in [0.1, 0.15) is 30.5 Å². The second-order valence-electron chi connectivity index (χ2n) is 5.32. The quantitative estimate of drug-likeness (QED) is 0.865. The molecule has 0 fully saturated rings. The predicted molar refractivity (Wildman–Crippen MR) is 75.1 cm³/mol. The fourth-order valence-electron chi connectivity index (χ4n) is 2.60. The van der Waals surface area contributed by atoms with Crippen molar-refractivity contribution >= 4 is 11.9 Å². The Morgan fingerprint density at radius 2 is 2.15 bits per heavy atom. The van der Waals surface area contributed by atoms with Crippen molar-refractivity contribution in [3.63, 3.8) is 0 Å². The van der Waals surface area contributed by atoms with Crippen molar-refractivity contribution in [2.45, 2.75) is 25.8 Å². The zero-order valence-corrected chi connectivity index (χ0v) is 11.6. The lowest BCUT2D eigenvalue weighted by atomic mass is 9.92. The molecule has 0 bridgehead atoms. The zero-order chi connectivity index (χ0) is 14.7. The van der Waals surface area contributed by atoms with Crippen LogP contribution in [0.3, 0.4) is 0 Å². The molecule has 1 aliphatic heterocycles. The van der Waals surface area contributed by atoms with Crippen molar-refractivity contribution < 1.29 is 14.7 Å². The number of hydrogen-bond donors (Lipinski definition) is 2. The monoisotopic (exact) mass is 276 g/mol. The van der Waals surface area contributed by atoms with Gasteiger partial charge in [-0.1, -0.05) is 31.2 Å². The summed E-state index contributed by atoms with van der Waals surface area (Å²) >= 11 is 0. The molecule has 1 aliphatic rings. The summed E-state index contributed by atoms with van der Waals surface area (Å²) in [5, 5.41) is 9.48. The van der Waals surface area contributed by atoms with E-state index in [-0.39, 0.29) is 11.8 Å². The van der Waals surface area contributed by atoms with Crippen LogP contribution in [0.2, 0.25) is 0 Å². The summed E-state index contributed by atoms with van der Waals surface area (Å²) in [6.45, 7) is 2.77. The molecule has 5 nitrogen and oxygen atoms in total. The maximum atomic E-state index is 12.3. The summed E-state index contributed by atoms with van der Waals surface area (Å²) in [5.41, 5.74) is 7.27. The molecule has 2 unspecified atom stereocenters. The minimum absolute atomic E-state index is 0.0640. The number of amides is 1. The smallest absolute Gasteiger partial charge is 0.331 e. The molecule has 1 aromatic carbocycles. The summed E-state index contributed by atoms with van der Waals surface area (Å²) in [5.74, 6) is -1.05. The fraction of sp³-hybridized carbons (Fsp3) is 0.467. The highest BCUT2D eigenvalue weighted by Crippen LogP contribution is 2.30. The summed E-state index contributed by atoms with van der Waals surface area (Å²) in [6, 6.07) is 6.55. The van der Waals surface area contributed by atoms with E-state index in [9.17, 15) is 14.7 Å². The molecule has 108 valence electrons. The molecule has 1 heterocycles. The van der Waals surface area contributed by atoms with Crippen molar-refractivity contribution in [3.05, 3.63) is 35.4 Å². The Labute approximate surface area is 118 Å². The lowest BCUT2D eigenvalue weighted by Crippen LogP contribution is -2.44. The second kappa shape index (κ2) is 6.05. The van der Waals surface area contributed by atoms with Crippen molar-refractivity contribution in [2.24, 2.45) is 11.7 Å². The summed E-state index contributed by atoms with van der Waals surface area (Å²) in [7, 11) is 0. The third kappa shape index (κ3) is 2.82. The van der Waals surface area contributed by atoms with E-state index in [1.165, 1.54) is 4.90 Å². The van der Waals surface area contributed by atoms with E-state index < -0.39 is 12.0 Å². The lowest BCUT2D eigenvalue weighted by molar-refractivity contribution is -0.151. The molecule has 5 heteroatoms. The first-order valence-electron chi connectivity index (χ1n) is 6.84. The van der Waals surface area contributed by atoms with Crippen LogP contribution in [-0.2, 0) is 16.0 Å². The Kier molecular flexibility index (Phi) is 4.39. The Hall–Kier alpha value is -1.88. The van der Waals surface area contributed by atoms with Gasteiger partial charge in [0.05, 0.1) is 0 Å². The summed E-state index contributed by atoms with van der Waals surface area (Å²) < 4.78 is 0. The molecule has 2 rings (SSSR count). The molecule has 3 N–H and O–H groups in total. The van der Waals surface area contributed by atoms with E-state index >= 15 is 0 Å². The molecule has 0 spiro atoms. The maximum absolute atomic E-state index is 12.3. The largest absolute Gasteiger partial charge is 0.479 e. The predicted octanol–water partition coefficient (Wildman–Crippen LogP) is 1.18. The number of hydrogen-bond acceptors (Lipinski definition) is 3. The Morgan fingerprint density at radius 3 is 2.80 bits per heavy atom. The van der Waals surface area contributed by atoms with E-state index in [2.05, 4.69) is 0 Å². The van der Waals surface area contributed by atoms with E-state index in [1.54, 1.807) is 6.07 Å². The minimum atomic E-state index is -0.981. The van der Waals surface area contributed by atoms with Crippen LogP contribution in [0.25, 0.3) is 0 Å². The van der Waals surface area contributed by atoms with Gasteiger partial charge in [0.15, 0.2) is 6.04 Å². The molecule has 2 atom stereocenters. The van der Waals surface area contributed by atoms with E-state index in [4.69, 9.17) is 5.73 Å². The summed E-state index contributed by atoms with van der Waals surface area (Å²) in [6.07, 6.45) is 0.991. The van der Waals surface area contributed by atoms with Gasteiger partial charge >= 0.3 is 5.97 Å². The highest BCUT2D eigenvalue weighted by Gasteiger charge is 2.35. The number of carbonyl (C=O) groups is 2. The van der Waals surface area contributed by atoms with Gasteiger partial charge in [0.2, 0.25) is 5.91 Å². The topological polar surface area (TPSA) is 83.6 Å². The highest BCUT2D eigenvalue weighted by atomic mass is 16.4. The molecule has 20 heavy (non-hydrogen) atoms. The molecule has 0 radical (unpaired) electrons. The van der Waals surface area contributed by atoms with Crippen LogP contribution in [-0.4, -0.2) is 35.0 Å². The van der Waals surface area contributed by atoms with Crippen LogP contribution < -0.4 is 5.73 Å². The average molecular weight is 276 g/mol. The molecule has 0 aliphatic carbocycles. The van der Waals surface area contributed by atoms with Crippen molar-refractivity contribution in [1.82, 2.24) is 4.90 Å². The molecular weight excluding hydrogens is 256 g/mol. The average Bonchev–Trinajstić information content (AvgIpc) is 2.45. The van der Waals surface area contributed by atoms with Gasteiger partial charge < -0.3 is 15.7 Å². The first-order chi connectivity index (χ1) is 9.54. The third-order valence-corrected chi connectivity index (χ3v) is 3.76. The maximum Gasteiger partial charge on any atom is 0.331 e. The van der Waals surface area contributed by atoms with Gasteiger partial charge in [-0.3, -0.25) is 4.79 Å². The van der Waals surface area contributed by atoms with Gasteiger partial charge in [-0.15, -0.1) is 0 Å². The molecule has 0 saturated carbocycles. The number of aliphatic carboxylic acids is 1. The standard InChI is InChI=1S/C15H20N2O3/c1-10(9-16)8-13(18)17-7-6-11-4-2-3-5-12(11)14(17)15(19)20/h2-5,10,14H,6-9,16H2,1H3,(H,19,20). The number of carboxylic acid groups (broad SMARTS) is 1.